The largest absolute Gasteiger partial charge is 0.378 e. The monoisotopic (exact) mass is 402 g/mol. The zero-order valence-corrected chi connectivity index (χ0v) is 17.4. The van der Waals surface area contributed by atoms with Crippen molar-refractivity contribution in [2.45, 2.75) is 32.2 Å². The number of aromatic nitrogens is 3. The van der Waals surface area contributed by atoms with E-state index in [1.54, 1.807) is 12.4 Å². The van der Waals surface area contributed by atoms with Gasteiger partial charge in [-0.1, -0.05) is 6.07 Å². The minimum Gasteiger partial charge on any atom is -0.378 e. The van der Waals surface area contributed by atoms with Gasteiger partial charge in [-0.3, -0.25) is 15.0 Å². The van der Waals surface area contributed by atoms with Crippen LogP contribution in [0.3, 0.4) is 0 Å². The van der Waals surface area contributed by atoms with Gasteiger partial charge in [-0.15, -0.1) is 0 Å². The van der Waals surface area contributed by atoms with Crippen LogP contribution in [-0.4, -0.2) is 41.1 Å². The van der Waals surface area contributed by atoms with Gasteiger partial charge in [-0.05, 0) is 74.4 Å². The van der Waals surface area contributed by atoms with Crippen LogP contribution in [0.4, 0.5) is 11.4 Å². The summed E-state index contributed by atoms with van der Waals surface area (Å²) < 4.78 is 0. The van der Waals surface area contributed by atoms with Gasteiger partial charge in [0, 0.05) is 38.2 Å². The van der Waals surface area contributed by atoms with Gasteiger partial charge in [-0.2, -0.15) is 0 Å². The summed E-state index contributed by atoms with van der Waals surface area (Å²) in [6, 6.07) is 8.41. The first-order valence-corrected chi connectivity index (χ1v) is 11.2. The molecule has 0 aliphatic carbocycles. The number of benzene rings is 1. The highest BCUT2D eigenvalue weighted by Crippen LogP contribution is 2.34. The van der Waals surface area contributed by atoms with E-state index in [1.807, 2.05) is 18.5 Å². The average Bonchev–Trinajstić information content (AvgIpc) is 2.83. The van der Waals surface area contributed by atoms with E-state index in [2.05, 4.69) is 48.7 Å². The topological polar surface area (TPSA) is 66.0 Å². The average molecular weight is 403 g/mol. The standard InChI is InChI=1S/C24H30N6/c1-2-21-22(28-12-11-27-21)15-18(1)16-29-23-17-26-10-5-24(23)30-13-6-20(7-14-30)19-3-8-25-9-4-19/h1-2,5,10-12,15,17,19-20,25,29H,3-4,6-9,13-14,16H2. The van der Waals surface area contributed by atoms with Crippen molar-refractivity contribution in [2.75, 3.05) is 36.4 Å². The van der Waals surface area contributed by atoms with Gasteiger partial charge >= 0.3 is 0 Å². The molecular formula is C24H30N6. The van der Waals surface area contributed by atoms with Crippen molar-refractivity contribution in [3.8, 4) is 0 Å². The summed E-state index contributed by atoms with van der Waals surface area (Å²) in [5, 5.41) is 7.11. The number of hydrogen-bond donors (Lipinski definition) is 2. The quantitative estimate of drug-likeness (QED) is 0.676. The first-order chi connectivity index (χ1) is 14.9. The second-order valence-electron chi connectivity index (χ2n) is 8.54. The second-order valence-corrected chi connectivity index (χ2v) is 8.54. The van der Waals surface area contributed by atoms with Gasteiger partial charge in [0.25, 0.3) is 0 Å². The number of anilines is 2. The van der Waals surface area contributed by atoms with Crippen molar-refractivity contribution in [1.29, 1.82) is 0 Å². The molecule has 0 radical (unpaired) electrons. The molecule has 2 aliphatic rings. The van der Waals surface area contributed by atoms with Crippen molar-refractivity contribution >= 4 is 22.4 Å². The van der Waals surface area contributed by atoms with E-state index in [-0.39, 0.29) is 0 Å². The smallest absolute Gasteiger partial charge is 0.0890 e. The summed E-state index contributed by atoms with van der Waals surface area (Å²) >= 11 is 0. The molecule has 0 saturated carbocycles. The summed E-state index contributed by atoms with van der Waals surface area (Å²) in [6.45, 7) is 5.42. The fourth-order valence-electron chi connectivity index (χ4n) is 5.04. The first kappa shape index (κ1) is 19.2. The van der Waals surface area contributed by atoms with Crippen LogP contribution in [0.2, 0.25) is 0 Å². The van der Waals surface area contributed by atoms with E-state index in [1.165, 1.54) is 50.0 Å². The Balaban J connectivity index is 1.24. The van der Waals surface area contributed by atoms with Crippen LogP contribution in [0.25, 0.3) is 11.0 Å². The number of piperidine rings is 2. The van der Waals surface area contributed by atoms with E-state index in [4.69, 9.17) is 0 Å². The maximum Gasteiger partial charge on any atom is 0.0890 e. The zero-order valence-electron chi connectivity index (χ0n) is 17.4. The third kappa shape index (κ3) is 4.24. The minimum absolute atomic E-state index is 0.747. The Morgan fingerprint density at radius 3 is 2.50 bits per heavy atom. The molecule has 0 bridgehead atoms. The van der Waals surface area contributed by atoms with Crippen LogP contribution in [0.5, 0.6) is 0 Å². The highest BCUT2D eigenvalue weighted by molar-refractivity contribution is 5.75. The summed E-state index contributed by atoms with van der Waals surface area (Å²) in [5.41, 5.74) is 5.44. The molecule has 156 valence electrons. The van der Waals surface area contributed by atoms with Gasteiger partial charge in [0.05, 0.1) is 28.6 Å². The molecule has 0 atom stereocenters. The Hall–Kier alpha value is -2.73. The molecule has 2 aromatic heterocycles. The highest BCUT2D eigenvalue weighted by atomic mass is 15.2. The molecule has 4 heterocycles. The third-order valence-electron chi connectivity index (χ3n) is 6.75. The molecule has 5 rings (SSSR count). The molecule has 6 nitrogen and oxygen atoms in total. The number of fused-ring (bicyclic) bond motifs is 1. The van der Waals surface area contributed by atoms with E-state index in [0.29, 0.717) is 0 Å². The molecule has 2 fully saturated rings. The van der Waals surface area contributed by atoms with Crippen LogP contribution in [0.15, 0.2) is 49.1 Å². The summed E-state index contributed by atoms with van der Waals surface area (Å²) in [5.74, 6) is 1.81. The zero-order chi connectivity index (χ0) is 20.2. The van der Waals surface area contributed by atoms with Gasteiger partial charge in [0.2, 0.25) is 0 Å². The van der Waals surface area contributed by atoms with Gasteiger partial charge in [-0.25, -0.2) is 0 Å². The van der Waals surface area contributed by atoms with E-state index >= 15 is 0 Å². The summed E-state index contributed by atoms with van der Waals surface area (Å²) in [7, 11) is 0. The lowest BCUT2D eigenvalue weighted by atomic mass is 9.79. The molecular weight excluding hydrogens is 372 g/mol. The Labute approximate surface area is 178 Å². The van der Waals surface area contributed by atoms with Crippen molar-refractivity contribution in [1.82, 2.24) is 20.3 Å². The van der Waals surface area contributed by atoms with Crippen LogP contribution in [-0.2, 0) is 6.54 Å². The lowest BCUT2D eigenvalue weighted by molar-refractivity contribution is 0.222. The van der Waals surface area contributed by atoms with Crippen molar-refractivity contribution in [3.63, 3.8) is 0 Å². The molecule has 0 amide bonds. The predicted octanol–water partition coefficient (Wildman–Crippen LogP) is 3.85. The molecule has 2 aliphatic heterocycles. The van der Waals surface area contributed by atoms with Gasteiger partial charge in [0.1, 0.15) is 0 Å². The normalized spacial score (nSPS) is 18.6. The number of nitrogens with zero attached hydrogens (tertiary/aromatic N) is 4. The maximum atomic E-state index is 4.42. The maximum absolute atomic E-state index is 4.42. The number of pyridine rings is 1. The molecule has 2 N–H and O–H groups in total. The van der Waals surface area contributed by atoms with Crippen molar-refractivity contribution in [2.24, 2.45) is 11.8 Å². The molecule has 30 heavy (non-hydrogen) atoms. The van der Waals surface area contributed by atoms with Crippen LogP contribution in [0, 0.1) is 11.8 Å². The fourth-order valence-corrected chi connectivity index (χ4v) is 5.04. The summed E-state index contributed by atoms with van der Waals surface area (Å²) in [6.07, 6.45) is 12.6. The van der Waals surface area contributed by atoms with Crippen LogP contribution >= 0.6 is 0 Å². The van der Waals surface area contributed by atoms with Crippen LogP contribution < -0.4 is 15.5 Å². The molecule has 6 heteroatoms. The van der Waals surface area contributed by atoms with Crippen molar-refractivity contribution < 1.29 is 0 Å². The number of hydrogen-bond acceptors (Lipinski definition) is 6. The second kappa shape index (κ2) is 8.96. The molecule has 0 spiro atoms. The molecule has 2 saturated heterocycles. The predicted molar refractivity (Wildman–Crippen MR) is 122 cm³/mol. The SMILES string of the molecule is c1cc(N2CCC(C3CCNCC3)CC2)c(NCc2ccc3nccnc3c2)cn1. The van der Waals surface area contributed by atoms with Crippen molar-refractivity contribution in [3.05, 3.63) is 54.6 Å². The Morgan fingerprint density at radius 2 is 1.67 bits per heavy atom. The lowest BCUT2D eigenvalue weighted by Gasteiger charge is -2.39. The van der Waals surface area contributed by atoms with E-state index in [9.17, 15) is 0 Å². The first-order valence-electron chi connectivity index (χ1n) is 11.2. The van der Waals surface area contributed by atoms with E-state index < -0.39 is 0 Å². The summed E-state index contributed by atoms with van der Waals surface area (Å²) in [4.78, 5) is 15.7. The Bertz CT molecular complexity index is 976. The van der Waals surface area contributed by atoms with Gasteiger partial charge < -0.3 is 15.5 Å². The fraction of sp³-hybridized carbons (Fsp3) is 0.458. The molecule has 0 unspecified atom stereocenters. The van der Waals surface area contributed by atoms with E-state index in [0.717, 1.165) is 48.2 Å². The molecule has 3 aromatic rings. The minimum atomic E-state index is 0.747. The Morgan fingerprint density at radius 1 is 0.900 bits per heavy atom. The van der Waals surface area contributed by atoms with Crippen LogP contribution in [0.1, 0.15) is 31.2 Å². The lowest BCUT2D eigenvalue weighted by Crippen LogP contribution is -2.39. The highest BCUT2D eigenvalue weighted by Gasteiger charge is 2.28. The molecule has 1 aromatic carbocycles. The Kier molecular flexibility index (Phi) is 5.75. The number of nitrogens with one attached hydrogen (secondary N) is 2. The third-order valence-corrected chi connectivity index (χ3v) is 6.75. The number of rotatable bonds is 5. The van der Waals surface area contributed by atoms with Gasteiger partial charge in [0.15, 0.2) is 0 Å².